The number of hydrogen-bond donors (Lipinski definition) is 1. The molecule has 1 saturated carbocycles. The summed E-state index contributed by atoms with van der Waals surface area (Å²) in [7, 11) is 1.69. The normalized spacial score (nSPS) is 14.5. The van der Waals surface area contributed by atoms with Gasteiger partial charge in [0, 0.05) is 18.0 Å². The Bertz CT molecular complexity index is 570. The van der Waals surface area contributed by atoms with Crippen LogP contribution in [0.3, 0.4) is 0 Å². The van der Waals surface area contributed by atoms with E-state index in [9.17, 15) is 0 Å². The highest BCUT2D eigenvalue weighted by Crippen LogP contribution is 2.42. The third kappa shape index (κ3) is 2.56. The molecule has 1 heterocycles. The molecule has 0 unspecified atom stereocenters. The maximum absolute atomic E-state index is 5.21. The van der Waals surface area contributed by atoms with E-state index >= 15 is 0 Å². The third-order valence-corrected chi connectivity index (χ3v) is 3.73. The molecule has 1 aliphatic rings. The molecule has 4 heteroatoms. The number of rotatable bonds is 6. The molecule has 1 aromatic heterocycles. The molecule has 0 radical (unpaired) electrons. The summed E-state index contributed by atoms with van der Waals surface area (Å²) in [5.74, 6) is 1.55. The fourth-order valence-corrected chi connectivity index (χ4v) is 2.51. The number of ether oxygens (including phenoxy) is 1. The van der Waals surface area contributed by atoms with Gasteiger partial charge in [0.05, 0.1) is 24.7 Å². The van der Waals surface area contributed by atoms with Crippen LogP contribution in [-0.4, -0.2) is 23.4 Å². The number of nitrogens with one attached hydrogen (secondary N) is 1. The van der Waals surface area contributed by atoms with Crippen LogP contribution in [0.5, 0.6) is 5.75 Å². The predicted molar refractivity (Wildman–Crippen MR) is 79.5 cm³/mol. The van der Waals surface area contributed by atoms with Crippen LogP contribution in [0.4, 0.5) is 0 Å². The lowest BCUT2D eigenvalue weighted by Gasteiger charge is -2.10. The molecule has 1 N–H and O–H groups in total. The number of benzene rings is 1. The highest BCUT2D eigenvalue weighted by Gasteiger charge is 2.30. The average molecular weight is 271 g/mol. The summed E-state index contributed by atoms with van der Waals surface area (Å²) in [5.41, 5.74) is 3.80. The van der Waals surface area contributed by atoms with Gasteiger partial charge in [0.25, 0.3) is 0 Å². The molecule has 0 bridgehead atoms. The minimum Gasteiger partial charge on any atom is -0.497 e. The first kappa shape index (κ1) is 13.2. The lowest BCUT2D eigenvalue weighted by molar-refractivity contribution is 0.414. The van der Waals surface area contributed by atoms with E-state index in [1.54, 1.807) is 7.11 Å². The molecule has 1 aliphatic carbocycles. The summed E-state index contributed by atoms with van der Waals surface area (Å²) in [6.07, 6.45) is 4.56. The van der Waals surface area contributed by atoms with E-state index in [-0.39, 0.29) is 0 Å². The Morgan fingerprint density at radius 2 is 2.05 bits per heavy atom. The monoisotopic (exact) mass is 271 g/mol. The van der Waals surface area contributed by atoms with Gasteiger partial charge in [0.15, 0.2) is 0 Å². The van der Waals surface area contributed by atoms with E-state index in [1.807, 2.05) is 18.3 Å². The fourth-order valence-electron chi connectivity index (χ4n) is 2.51. The number of aromatic nitrogens is 2. The van der Waals surface area contributed by atoms with Gasteiger partial charge in [-0.2, -0.15) is 5.10 Å². The summed E-state index contributed by atoms with van der Waals surface area (Å²) < 4.78 is 7.30. The molecule has 0 amide bonds. The zero-order chi connectivity index (χ0) is 13.9. The molecule has 1 aromatic carbocycles. The summed E-state index contributed by atoms with van der Waals surface area (Å²) in [5, 5.41) is 7.99. The first-order valence-electron chi connectivity index (χ1n) is 7.25. The highest BCUT2D eigenvalue weighted by atomic mass is 16.5. The first-order valence-corrected chi connectivity index (χ1v) is 7.25. The lowest BCUT2D eigenvalue weighted by atomic mass is 10.1. The van der Waals surface area contributed by atoms with Crippen molar-refractivity contribution in [2.45, 2.75) is 32.2 Å². The van der Waals surface area contributed by atoms with Gasteiger partial charge >= 0.3 is 0 Å². The van der Waals surface area contributed by atoms with E-state index in [2.05, 4.69) is 34.2 Å². The van der Waals surface area contributed by atoms with E-state index in [0.29, 0.717) is 5.92 Å². The van der Waals surface area contributed by atoms with Gasteiger partial charge in [-0.1, -0.05) is 6.92 Å². The molecule has 20 heavy (non-hydrogen) atoms. The SMILES string of the molecule is CCNCc1cnn(-c2ccc(OC)cc2)c1C1CC1. The molecule has 4 nitrogen and oxygen atoms in total. The Morgan fingerprint density at radius 1 is 1.30 bits per heavy atom. The van der Waals surface area contributed by atoms with Crippen molar-refractivity contribution in [1.29, 1.82) is 0 Å². The number of nitrogens with zero attached hydrogens (tertiary/aromatic N) is 2. The maximum atomic E-state index is 5.21. The second-order valence-electron chi connectivity index (χ2n) is 5.22. The van der Waals surface area contributed by atoms with Crippen LogP contribution >= 0.6 is 0 Å². The van der Waals surface area contributed by atoms with E-state index in [0.717, 1.165) is 24.5 Å². The van der Waals surface area contributed by atoms with Gasteiger partial charge < -0.3 is 10.1 Å². The topological polar surface area (TPSA) is 39.1 Å². The minimum atomic E-state index is 0.674. The van der Waals surface area contributed by atoms with Crippen LogP contribution in [0.1, 0.15) is 36.9 Å². The molecule has 0 atom stereocenters. The van der Waals surface area contributed by atoms with Crippen molar-refractivity contribution in [3.05, 3.63) is 41.7 Å². The smallest absolute Gasteiger partial charge is 0.119 e. The Morgan fingerprint density at radius 3 is 2.65 bits per heavy atom. The Kier molecular flexibility index (Phi) is 3.74. The van der Waals surface area contributed by atoms with Crippen molar-refractivity contribution in [2.75, 3.05) is 13.7 Å². The molecule has 106 valence electrons. The molecule has 3 rings (SSSR count). The van der Waals surface area contributed by atoms with Gasteiger partial charge in [-0.05, 0) is 43.7 Å². The van der Waals surface area contributed by atoms with Crippen LogP contribution < -0.4 is 10.1 Å². The van der Waals surface area contributed by atoms with Crippen molar-refractivity contribution >= 4 is 0 Å². The van der Waals surface area contributed by atoms with Gasteiger partial charge in [0.1, 0.15) is 5.75 Å². The molecule has 0 spiro atoms. The zero-order valence-corrected chi connectivity index (χ0v) is 12.1. The molecule has 0 aliphatic heterocycles. The molecular formula is C16H21N3O. The largest absolute Gasteiger partial charge is 0.497 e. The lowest BCUT2D eigenvalue weighted by Crippen LogP contribution is -2.13. The Labute approximate surface area is 119 Å². The Balaban J connectivity index is 1.93. The second-order valence-corrected chi connectivity index (χ2v) is 5.22. The van der Waals surface area contributed by atoms with Gasteiger partial charge in [0.2, 0.25) is 0 Å². The van der Waals surface area contributed by atoms with Gasteiger partial charge in [-0.3, -0.25) is 0 Å². The van der Waals surface area contributed by atoms with Gasteiger partial charge in [-0.25, -0.2) is 4.68 Å². The zero-order valence-electron chi connectivity index (χ0n) is 12.1. The number of methoxy groups -OCH3 is 1. The van der Waals surface area contributed by atoms with Crippen molar-refractivity contribution in [1.82, 2.24) is 15.1 Å². The third-order valence-electron chi connectivity index (χ3n) is 3.73. The maximum Gasteiger partial charge on any atom is 0.119 e. The van der Waals surface area contributed by atoms with Crippen molar-refractivity contribution in [2.24, 2.45) is 0 Å². The summed E-state index contributed by atoms with van der Waals surface area (Å²) >= 11 is 0. The summed E-state index contributed by atoms with van der Waals surface area (Å²) in [4.78, 5) is 0. The van der Waals surface area contributed by atoms with E-state index in [4.69, 9.17) is 4.74 Å². The standard InChI is InChI=1S/C16H21N3O/c1-3-17-10-13-11-18-19(16(13)12-4-5-12)14-6-8-15(20-2)9-7-14/h6-9,11-12,17H,3-5,10H2,1-2H3. The van der Waals surface area contributed by atoms with E-state index < -0.39 is 0 Å². The van der Waals surface area contributed by atoms with Crippen LogP contribution in [0.25, 0.3) is 5.69 Å². The van der Waals surface area contributed by atoms with Crippen LogP contribution in [0.15, 0.2) is 30.5 Å². The quantitative estimate of drug-likeness (QED) is 0.878. The van der Waals surface area contributed by atoms with Crippen molar-refractivity contribution in [3.63, 3.8) is 0 Å². The summed E-state index contributed by atoms with van der Waals surface area (Å²) in [6, 6.07) is 8.10. The van der Waals surface area contributed by atoms with Crippen LogP contribution in [0, 0.1) is 0 Å². The van der Waals surface area contributed by atoms with Gasteiger partial charge in [-0.15, -0.1) is 0 Å². The molecule has 1 fully saturated rings. The van der Waals surface area contributed by atoms with Crippen molar-refractivity contribution in [3.8, 4) is 11.4 Å². The molecule has 2 aromatic rings. The van der Waals surface area contributed by atoms with E-state index in [1.165, 1.54) is 24.1 Å². The second kappa shape index (κ2) is 5.67. The first-order chi connectivity index (χ1) is 9.83. The van der Waals surface area contributed by atoms with Crippen LogP contribution in [0.2, 0.25) is 0 Å². The predicted octanol–water partition coefficient (Wildman–Crippen LogP) is 2.87. The molecule has 0 saturated heterocycles. The average Bonchev–Trinajstić information content (AvgIpc) is 3.25. The summed E-state index contributed by atoms with van der Waals surface area (Å²) in [6.45, 7) is 4.01. The van der Waals surface area contributed by atoms with Crippen LogP contribution in [-0.2, 0) is 6.54 Å². The number of hydrogen-bond acceptors (Lipinski definition) is 3. The van der Waals surface area contributed by atoms with Crippen molar-refractivity contribution < 1.29 is 4.74 Å². The minimum absolute atomic E-state index is 0.674. The Hall–Kier alpha value is -1.81. The fraction of sp³-hybridized carbons (Fsp3) is 0.438. The highest BCUT2D eigenvalue weighted by molar-refractivity contribution is 5.41. The molecular weight excluding hydrogens is 250 g/mol.